The van der Waals surface area contributed by atoms with E-state index in [1.54, 1.807) is 4.90 Å². The first-order valence-corrected chi connectivity index (χ1v) is 12.8. The van der Waals surface area contributed by atoms with Gasteiger partial charge in [-0.05, 0) is 49.2 Å². The summed E-state index contributed by atoms with van der Waals surface area (Å²) in [6, 6.07) is 26.9. The maximum Gasteiger partial charge on any atom is 0.262 e. The van der Waals surface area contributed by atoms with E-state index < -0.39 is 0 Å². The van der Waals surface area contributed by atoms with E-state index in [2.05, 4.69) is 0 Å². The summed E-state index contributed by atoms with van der Waals surface area (Å²) in [6.07, 6.45) is 5.38. The number of anilines is 2. The van der Waals surface area contributed by atoms with Gasteiger partial charge in [-0.3, -0.25) is 19.1 Å². The summed E-state index contributed by atoms with van der Waals surface area (Å²) in [5, 5.41) is 1.27. The molecule has 1 heterocycles. The number of aromatic nitrogens is 2. The lowest BCUT2D eigenvalue weighted by molar-refractivity contribution is -0.115. The molecule has 0 N–H and O–H groups in total. The average molecular weight is 470 g/mol. The van der Waals surface area contributed by atoms with Crippen LogP contribution in [-0.2, 0) is 4.79 Å². The van der Waals surface area contributed by atoms with Crippen LogP contribution in [0.2, 0.25) is 0 Å². The number of para-hydroxylation sites is 3. The molecule has 1 aromatic heterocycles. The highest BCUT2D eigenvalue weighted by molar-refractivity contribution is 7.99. The highest BCUT2D eigenvalue weighted by Gasteiger charge is 2.24. The van der Waals surface area contributed by atoms with Crippen LogP contribution in [0.4, 0.5) is 11.4 Å². The highest BCUT2D eigenvalue weighted by Crippen LogP contribution is 2.32. The molecule has 6 heteroatoms. The van der Waals surface area contributed by atoms with E-state index in [9.17, 15) is 9.59 Å². The zero-order valence-electron chi connectivity index (χ0n) is 19.0. The summed E-state index contributed by atoms with van der Waals surface area (Å²) >= 11 is 1.36. The fourth-order valence-electron chi connectivity index (χ4n) is 4.67. The zero-order valence-corrected chi connectivity index (χ0v) is 19.8. The fourth-order valence-corrected chi connectivity index (χ4v) is 5.59. The van der Waals surface area contributed by atoms with Crippen LogP contribution in [0.25, 0.3) is 10.9 Å². The Morgan fingerprint density at radius 1 is 0.853 bits per heavy atom. The van der Waals surface area contributed by atoms with Crippen LogP contribution in [0.15, 0.2) is 94.9 Å². The largest absolute Gasteiger partial charge is 0.284 e. The number of benzene rings is 3. The van der Waals surface area contributed by atoms with Crippen molar-refractivity contribution >= 4 is 39.9 Å². The quantitative estimate of drug-likeness (QED) is 0.244. The number of hydrogen-bond acceptors (Lipinski definition) is 4. The lowest BCUT2D eigenvalue weighted by Gasteiger charge is -2.27. The molecule has 0 saturated heterocycles. The van der Waals surface area contributed by atoms with Crippen molar-refractivity contribution in [1.82, 2.24) is 9.55 Å². The third-order valence-corrected chi connectivity index (χ3v) is 7.26. The molecule has 0 unspecified atom stereocenters. The van der Waals surface area contributed by atoms with Crippen molar-refractivity contribution in [2.45, 2.75) is 43.3 Å². The van der Waals surface area contributed by atoms with Crippen molar-refractivity contribution in [2.75, 3.05) is 10.7 Å². The topological polar surface area (TPSA) is 55.2 Å². The second-order valence-electron chi connectivity index (χ2n) is 8.57. The molecule has 0 radical (unpaired) electrons. The van der Waals surface area contributed by atoms with Crippen LogP contribution < -0.4 is 10.5 Å². The first-order valence-electron chi connectivity index (χ1n) is 11.8. The summed E-state index contributed by atoms with van der Waals surface area (Å²) < 4.78 is 1.86. The standard InChI is InChI=1S/C28H27N3O2S/c32-26(30(21-12-4-1-5-13-21)22-14-6-2-7-15-22)20-34-28-29-25-19-11-10-18-24(25)27(33)31(28)23-16-8-3-9-17-23/h1-2,4-7,10-15,18-19,23H,3,8-9,16-17,20H2. The van der Waals surface area contributed by atoms with Gasteiger partial charge in [0, 0.05) is 17.4 Å². The Kier molecular flexibility index (Phi) is 6.77. The summed E-state index contributed by atoms with van der Waals surface area (Å²) in [4.78, 5) is 33.6. The first-order chi connectivity index (χ1) is 16.7. The molecule has 5 nitrogen and oxygen atoms in total. The Morgan fingerprint density at radius 3 is 2.09 bits per heavy atom. The number of nitrogens with zero attached hydrogens (tertiary/aromatic N) is 3. The molecule has 172 valence electrons. The molecule has 3 aromatic carbocycles. The van der Waals surface area contributed by atoms with Crippen LogP contribution in [0.1, 0.15) is 38.1 Å². The van der Waals surface area contributed by atoms with Gasteiger partial charge < -0.3 is 0 Å². The van der Waals surface area contributed by atoms with Gasteiger partial charge in [-0.2, -0.15) is 0 Å². The highest BCUT2D eigenvalue weighted by atomic mass is 32.2. The minimum atomic E-state index is -0.0556. The Balaban J connectivity index is 1.49. The first kappa shape index (κ1) is 22.4. The Hall–Kier alpha value is -3.38. The van der Waals surface area contributed by atoms with Crippen LogP contribution in [0.3, 0.4) is 0 Å². The Labute approximate surface area is 203 Å². The molecule has 5 rings (SSSR count). The van der Waals surface area contributed by atoms with E-state index >= 15 is 0 Å². The number of fused-ring (bicyclic) bond motifs is 1. The predicted molar refractivity (Wildman–Crippen MR) is 139 cm³/mol. The van der Waals surface area contributed by atoms with E-state index in [0.29, 0.717) is 16.1 Å². The van der Waals surface area contributed by atoms with Crippen molar-refractivity contribution in [1.29, 1.82) is 0 Å². The average Bonchev–Trinajstić information content (AvgIpc) is 2.89. The minimum Gasteiger partial charge on any atom is -0.284 e. The molecule has 1 fully saturated rings. The molecule has 1 aliphatic rings. The molecular weight excluding hydrogens is 442 g/mol. The zero-order chi connectivity index (χ0) is 23.3. The van der Waals surface area contributed by atoms with Crippen molar-refractivity contribution in [3.8, 4) is 0 Å². The van der Waals surface area contributed by atoms with Gasteiger partial charge in [0.05, 0.1) is 16.7 Å². The summed E-state index contributed by atoms with van der Waals surface area (Å²) in [6.45, 7) is 0. The summed E-state index contributed by atoms with van der Waals surface area (Å²) in [7, 11) is 0. The summed E-state index contributed by atoms with van der Waals surface area (Å²) in [5.74, 6) is 0.126. The van der Waals surface area contributed by atoms with Gasteiger partial charge in [-0.15, -0.1) is 0 Å². The predicted octanol–water partition coefficient (Wildman–Crippen LogP) is 6.36. The van der Waals surface area contributed by atoms with Crippen molar-refractivity contribution in [3.63, 3.8) is 0 Å². The van der Waals surface area contributed by atoms with E-state index in [1.807, 2.05) is 89.5 Å². The minimum absolute atomic E-state index is 0.00424. The second-order valence-corrected chi connectivity index (χ2v) is 9.51. The molecular formula is C28H27N3O2S. The fraction of sp³-hybridized carbons (Fsp3) is 0.250. The number of carbonyl (C=O) groups excluding carboxylic acids is 1. The van der Waals surface area contributed by atoms with Crippen molar-refractivity contribution < 1.29 is 4.79 Å². The van der Waals surface area contributed by atoms with Gasteiger partial charge in [0.25, 0.3) is 5.56 Å². The Morgan fingerprint density at radius 2 is 1.44 bits per heavy atom. The molecule has 34 heavy (non-hydrogen) atoms. The van der Waals surface area contributed by atoms with Crippen LogP contribution in [0.5, 0.6) is 0 Å². The van der Waals surface area contributed by atoms with Gasteiger partial charge in [-0.1, -0.05) is 79.6 Å². The van der Waals surface area contributed by atoms with E-state index in [1.165, 1.54) is 18.2 Å². The third-order valence-electron chi connectivity index (χ3n) is 6.32. The Bertz CT molecular complexity index is 1290. The van der Waals surface area contributed by atoms with Crippen molar-refractivity contribution in [2.24, 2.45) is 0 Å². The lowest BCUT2D eigenvalue weighted by Crippen LogP contribution is -2.30. The van der Waals surface area contributed by atoms with Gasteiger partial charge in [0.2, 0.25) is 5.91 Å². The maximum absolute atomic E-state index is 13.5. The van der Waals surface area contributed by atoms with Gasteiger partial charge in [-0.25, -0.2) is 4.98 Å². The number of hydrogen-bond donors (Lipinski definition) is 0. The molecule has 0 atom stereocenters. The van der Waals surface area contributed by atoms with Gasteiger partial charge in [0.15, 0.2) is 5.16 Å². The number of thioether (sulfide) groups is 1. The molecule has 0 aliphatic heterocycles. The van der Waals surface area contributed by atoms with Crippen LogP contribution >= 0.6 is 11.8 Å². The molecule has 4 aromatic rings. The molecule has 1 saturated carbocycles. The van der Waals surface area contributed by atoms with Gasteiger partial charge >= 0.3 is 0 Å². The lowest BCUT2D eigenvalue weighted by atomic mass is 9.95. The van der Waals surface area contributed by atoms with Crippen molar-refractivity contribution in [3.05, 3.63) is 95.3 Å². The maximum atomic E-state index is 13.5. The van der Waals surface area contributed by atoms with Crippen LogP contribution in [-0.4, -0.2) is 21.2 Å². The number of amides is 1. The third kappa shape index (κ3) is 4.64. The molecule has 0 spiro atoms. The van der Waals surface area contributed by atoms with E-state index in [4.69, 9.17) is 4.98 Å². The van der Waals surface area contributed by atoms with E-state index in [0.717, 1.165) is 37.1 Å². The normalized spacial score (nSPS) is 14.2. The summed E-state index contributed by atoms with van der Waals surface area (Å²) in [5.41, 5.74) is 2.30. The second kappa shape index (κ2) is 10.3. The SMILES string of the molecule is O=C(CSc1nc2ccccc2c(=O)n1C1CCCCC1)N(c1ccccc1)c1ccccc1. The van der Waals surface area contributed by atoms with E-state index in [-0.39, 0.29) is 23.3 Å². The monoisotopic (exact) mass is 469 g/mol. The smallest absolute Gasteiger partial charge is 0.262 e. The molecule has 0 bridgehead atoms. The molecule has 1 aliphatic carbocycles. The number of carbonyl (C=O) groups is 1. The molecule has 1 amide bonds. The van der Waals surface area contributed by atoms with Crippen LogP contribution in [0, 0.1) is 0 Å². The number of rotatable bonds is 6. The van der Waals surface area contributed by atoms with Gasteiger partial charge in [0.1, 0.15) is 0 Å².